The van der Waals surface area contributed by atoms with Crippen LogP contribution in [-0.4, -0.2) is 33.6 Å². The Labute approximate surface area is 132 Å². The summed E-state index contributed by atoms with van der Waals surface area (Å²) in [6.45, 7) is 0. The second kappa shape index (κ2) is 6.52. The maximum Gasteiger partial charge on any atom is 0.163 e. The molecular weight excluding hydrogens is 363 g/mol. The third-order valence-corrected chi connectivity index (χ3v) is 7.52. The van der Waals surface area contributed by atoms with Gasteiger partial charge in [0.15, 0.2) is 21.3 Å². The van der Waals surface area contributed by atoms with E-state index in [9.17, 15) is 12.8 Å². The highest BCUT2D eigenvalue weighted by Gasteiger charge is 2.36. The molecule has 7 heteroatoms. The van der Waals surface area contributed by atoms with Gasteiger partial charge < -0.3 is 9.47 Å². The Kier molecular flexibility index (Phi) is 5.14. The number of sulfone groups is 1. The minimum Gasteiger partial charge on any atom is -0.493 e. The Morgan fingerprint density at radius 1 is 1.24 bits per heavy atom. The van der Waals surface area contributed by atoms with Crippen molar-refractivity contribution in [1.29, 1.82) is 0 Å². The molecule has 2 rings (SSSR count). The van der Waals surface area contributed by atoms with Crippen LogP contribution in [0, 0.1) is 5.82 Å². The zero-order valence-corrected chi connectivity index (χ0v) is 14.3. The summed E-state index contributed by atoms with van der Waals surface area (Å²) in [4.78, 5) is -0.595. The van der Waals surface area contributed by atoms with E-state index in [0.717, 1.165) is 6.42 Å². The average molecular weight is 381 g/mol. The van der Waals surface area contributed by atoms with Gasteiger partial charge in [-0.15, -0.1) is 0 Å². The smallest absolute Gasteiger partial charge is 0.163 e. The van der Waals surface area contributed by atoms with Crippen molar-refractivity contribution in [2.24, 2.45) is 0 Å². The summed E-state index contributed by atoms with van der Waals surface area (Å²) >= 11 is 3.37. The van der Waals surface area contributed by atoms with Crippen molar-refractivity contribution in [2.45, 2.75) is 29.3 Å². The van der Waals surface area contributed by atoms with Gasteiger partial charge in [0, 0.05) is 11.6 Å². The van der Waals surface area contributed by atoms with E-state index < -0.39 is 25.7 Å². The lowest BCUT2D eigenvalue weighted by molar-refractivity contribution is 0.351. The van der Waals surface area contributed by atoms with Gasteiger partial charge in [-0.2, -0.15) is 0 Å². The molecule has 1 aliphatic heterocycles. The van der Waals surface area contributed by atoms with E-state index in [1.165, 1.54) is 26.4 Å². The molecule has 0 radical (unpaired) electrons. The zero-order chi connectivity index (χ0) is 15.6. The molecule has 1 aliphatic rings. The number of benzene rings is 1. The van der Waals surface area contributed by atoms with E-state index in [2.05, 4.69) is 15.9 Å². The number of methoxy groups -OCH3 is 2. The largest absolute Gasteiger partial charge is 0.493 e. The van der Waals surface area contributed by atoms with Crippen molar-refractivity contribution in [3.05, 3.63) is 23.5 Å². The van der Waals surface area contributed by atoms with Crippen LogP contribution in [0.5, 0.6) is 11.5 Å². The second-order valence-electron chi connectivity index (χ2n) is 5.03. The molecule has 1 heterocycles. The van der Waals surface area contributed by atoms with Crippen LogP contribution in [0.15, 0.2) is 12.1 Å². The lowest BCUT2D eigenvalue weighted by Gasteiger charge is -2.27. The number of rotatable bonds is 4. The molecule has 1 aromatic rings. The zero-order valence-electron chi connectivity index (χ0n) is 11.9. The minimum absolute atomic E-state index is 0.161. The molecule has 0 spiro atoms. The lowest BCUT2D eigenvalue weighted by Crippen LogP contribution is -2.32. The molecule has 2 atom stereocenters. The van der Waals surface area contributed by atoms with Gasteiger partial charge in [-0.05, 0) is 18.9 Å². The summed E-state index contributed by atoms with van der Waals surface area (Å²) in [6, 6.07) is 2.72. The lowest BCUT2D eigenvalue weighted by atomic mass is 10.0. The van der Waals surface area contributed by atoms with Crippen LogP contribution in [0.1, 0.15) is 29.7 Å². The maximum atomic E-state index is 14.3. The van der Waals surface area contributed by atoms with Gasteiger partial charge in [-0.3, -0.25) is 0 Å². The predicted octanol–water partition coefficient (Wildman–Crippen LogP) is 3.25. The topological polar surface area (TPSA) is 52.6 Å². The SMILES string of the molecule is COc1cc(F)c(C(Br)C2CCCCS2(=O)=O)cc1OC. The molecule has 0 saturated carbocycles. The molecule has 0 aromatic heterocycles. The highest BCUT2D eigenvalue weighted by Crippen LogP contribution is 2.41. The van der Waals surface area contributed by atoms with Crippen LogP contribution >= 0.6 is 15.9 Å². The van der Waals surface area contributed by atoms with Crippen LogP contribution < -0.4 is 9.47 Å². The quantitative estimate of drug-likeness (QED) is 0.752. The molecule has 4 nitrogen and oxygen atoms in total. The molecule has 118 valence electrons. The fraction of sp³-hybridized carbons (Fsp3) is 0.571. The molecular formula is C14H18BrFO4S. The van der Waals surface area contributed by atoms with Gasteiger partial charge in [0.1, 0.15) is 5.82 Å². The molecule has 1 fully saturated rings. The molecule has 1 saturated heterocycles. The van der Waals surface area contributed by atoms with Gasteiger partial charge in [-0.25, -0.2) is 12.8 Å². The van der Waals surface area contributed by atoms with Gasteiger partial charge in [0.05, 0.1) is 30.0 Å². The summed E-state index contributed by atoms with van der Waals surface area (Å²) in [5, 5.41) is -0.612. The third kappa shape index (κ3) is 3.34. The Balaban J connectivity index is 2.41. The van der Waals surface area contributed by atoms with Gasteiger partial charge in [0.25, 0.3) is 0 Å². The van der Waals surface area contributed by atoms with Crippen molar-refractivity contribution in [1.82, 2.24) is 0 Å². The summed E-state index contributed by atoms with van der Waals surface area (Å²) < 4.78 is 48.8. The predicted molar refractivity (Wildman–Crippen MR) is 82.6 cm³/mol. The van der Waals surface area contributed by atoms with E-state index in [0.29, 0.717) is 18.6 Å². The van der Waals surface area contributed by atoms with E-state index in [1.54, 1.807) is 0 Å². The first-order chi connectivity index (χ1) is 9.90. The summed E-state index contributed by atoms with van der Waals surface area (Å²) in [6.07, 6.45) is 2.04. The Hall–Kier alpha value is -0.820. The number of hydrogen-bond donors (Lipinski definition) is 0. The van der Waals surface area contributed by atoms with Crippen molar-refractivity contribution < 1.29 is 22.3 Å². The van der Waals surface area contributed by atoms with Crippen LogP contribution in [0.25, 0.3) is 0 Å². The van der Waals surface area contributed by atoms with E-state index in [-0.39, 0.29) is 17.1 Å². The molecule has 0 amide bonds. The van der Waals surface area contributed by atoms with Crippen LogP contribution in [0.2, 0.25) is 0 Å². The molecule has 0 N–H and O–H groups in total. The summed E-state index contributed by atoms with van der Waals surface area (Å²) in [5.74, 6) is 0.320. The second-order valence-corrected chi connectivity index (χ2v) is 8.36. The number of halogens is 2. The first-order valence-corrected chi connectivity index (χ1v) is 9.31. The number of ether oxygens (including phenoxy) is 2. The van der Waals surface area contributed by atoms with Crippen molar-refractivity contribution >= 4 is 25.8 Å². The summed E-state index contributed by atoms with van der Waals surface area (Å²) in [5.41, 5.74) is 0.281. The highest BCUT2D eigenvalue weighted by atomic mass is 79.9. The molecule has 21 heavy (non-hydrogen) atoms. The number of hydrogen-bond acceptors (Lipinski definition) is 4. The number of alkyl halides is 1. The van der Waals surface area contributed by atoms with Crippen molar-refractivity contribution in [3.63, 3.8) is 0 Å². The van der Waals surface area contributed by atoms with E-state index in [4.69, 9.17) is 9.47 Å². The Morgan fingerprint density at radius 3 is 2.43 bits per heavy atom. The standard InChI is InChI=1S/C14H18BrFO4S/c1-19-11-7-9(10(16)8-12(11)20-2)14(15)13-5-3-4-6-21(13,17)18/h7-8,13-14H,3-6H2,1-2H3. The van der Waals surface area contributed by atoms with Crippen LogP contribution in [0.4, 0.5) is 4.39 Å². The maximum absolute atomic E-state index is 14.3. The molecule has 0 aliphatic carbocycles. The average Bonchev–Trinajstić information content (AvgIpc) is 2.45. The van der Waals surface area contributed by atoms with Crippen LogP contribution in [-0.2, 0) is 9.84 Å². The normalized spacial score (nSPS) is 22.6. The van der Waals surface area contributed by atoms with E-state index >= 15 is 0 Å². The van der Waals surface area contributed by atoms with Crippen molar-refractivity contribution in [2.75, 3.05) is 20.0 Å². The fourth-order valence-electron chi connectivity index (χ4n) is 2.59. The Bertz CT molecular complexity index is 618. The van der Waals surface area contributed by atoms with Gasteiger partial charge in [-0.1, -0.05) is 22.4 Å². The minimum atomic E-state index is -3.21. The molecule has 1 aromatic carbocycles. The first kappa shape index (κ1) is 16.5. The summed E-state index contributed by atoms with van der Waals surface area (Å²) in [7, 11) is -0.325. The molecule has 2 unspecified atom stereocenters. The van der Waals surface area contributed by atoms with Gasteiger partial charge in [0.2, 0.25) is 0 Å². The third-order valence-electron chi connectivity index (χ3n) is 3.76. The van der Waals surface area contributed by atoms with Crippen molar-refractivity contribution in [3.8, 4) is 11.5 Å². The molecule has 0 bridgehead atoms. The fourth-order valence-corrected chi connectivity index (χ4v) is 6.14. The van der Waals surface area contributed by atoms with E-state index in [1.807, 2.05) is 0 Å². The highest BCUT2D eigenvalue weighted by molar-refractivity contribution is 9.09. The Morgan fingerprint density at radius 2 is 1.86 bits per heavy atom. The first-order valence-electron chi connectivity index (χ1n) is 6.67. The monoisotopic (exact) mass is 380 g/mol. The van der Waals surface area contributed by atoms with Crippen LogP contribution in [0.3, 0.4) is 0 Å². The van der Waals surface area contributed by atoms with Gasteiger partial charge >= 0.3 is 0 Å².